The summed E-state index contributed by atoms with van der Waals surface area (Å²) in [6.45, 7) is 2.58. The van der Waals surface area contributed by atoms with Crippen molar-refractivity contribution in [2.45, 2.75) is 20.0 Å². The van der Waals surface area contributed by atoms with Crippen LogP contribution < -0.4 is 0 Å². The van der Waals surface area contributed by atoms with E-state index in [1.54, 1.807) is 24.5 Å². The van der Waals surface area contributed by atoms with Crippen molar-refractivity contribution in [1.29, 1.82) is 0 Å². The normalized spacial score (nSPS) is 10.8. The first-order valence-electron chi connectivity index (χ1n) is 5.34. The van der Waals surface area contributed by atoms with Gasteiger partial charge < -0.3 is 4.74 Å². The molecule has 0 aliphatic heterocycles. The molecule has 2 heterocycles. The minimum atomic E-state index is 0.446. The van der Waals surface area contributed by atoms with Crippen LogP contribution in [-0.2, 0) is 17.8 Å². The summed E-state index contributed by atoms with van der Waals surface area (Å²) >= 11 is 7.67. The maximum absolute atomic E-state index is 5.97. The third-order valence-corrected chi connectivity index (χ3v) is 3.69. The van der Waals surface area contributed by atoms with E-state index >= 15 is 0 Å². The largest absolute Gasteiger partial charge is 0.378 e. The topological polar surface area (TPSA) is 35.0 Å². The van der Waals surface area contributed by atoms with Crippen LogP contribution in [0.15, 0.2) is 18.2 Å². The molecule has 0 aliphatic carbocycles. The van der Waals surface area contributed by atoms with Crippen molar-refractivity contribution in [3.8, 4) is 10.7 Å². The molecule has 0 atom stereocenters. The van der Waals surface area contributed by atoms with Gasteiger partial charge in [0.15, 0.2) is 5.82 Å². The number of methoxy groups -OCH3 is 1. The molecule has 2 rings (SSSR count). The highest BCUT2D eigenvalue weighted by molar-refractivity contribution is 7.15. The Morgan fingerprint density at radius 2 is 2.18 bits per heavy atom. The number of rotatable bonds is 4. The van der Waals surface area contributed by atoms with Gasteiger partial charge in [0.25, 0.3) is 0 Å². The van der Waals surface area contributed by atoms with Crippen LogP contribution in [0.3, 0.4) is 0 Å². The van der Waals surface area contributed by atoms with Crippen LogP contribution in [0.1, 0.15) is 17.5 Å². The van der Waals surface area contributed by atoms with Crippen molar-refractivity contribution in [2.24, 2.45) is 0 Å². The Balaban J connectivity index is 2.37. The van der Waals surface area contributed by atoms with Crippen LogP contribution >= 0.6 is 22.9 Å². The third kappa shape index (κ3) is 3.03. The molecule has 0 bridgehead atoms. The van der Waals surface area contributed by atoms with Crippen LogP contribution in [-0.4, -0.2) is 17.1 Å². The second-order valence-electron chi connectivity index (χ2n) is 3.56. The fourth-order valence-electron chi connectivity index (χ4n) is 1.48. The Hall–Kier alpha value is -0.970. The summed E-state index contributed by atoms with van der Waals surface area (Å²) in [7, 11) is 1.63. The Bertz CT molecular complexity index is 513. The van der Waals surface area contributed by atoms with E-state index in [0.717, 1.165) is 17.0 Å². The van der Waals surface area contributed by atoms with E-state index in [1.807, 2.05) is 6.07 Å². The molecule has 17 heavy (non-hydrogen) atoms. The fraction of sp³-hybridized carbons (Fsp3) is 0.333. The van der Waals surface area contributed by atoms with E-state index in [2.05, 4.69) is 23.0 Å². The molecule has 2 aromatic heterocycles. The van der Waals surface area contributed by atoms with Gasteiger partial charge in [-0.15, -0.1) is 11.3 Å². The van der Waals surface area contributed by atoms with Crippen molar-refractivity contribution >= 4 is 22.9 Å². The summed E-state index contributed by atoms with van der Waals surface area (Å²) in [5.74, 6) is 0.675. The minimum absolute atomic E-state index is 0.446. The van der Waals surface area contributed by atoms with Crippen molar-refractivity contribution in [3.05, 3.63) is 33.9 Å². The average Bonchev–Trinajstić information content (AvgIpc) is 2.77. The van der Waals surface area contributed by atoms with Gasteiger partial charge in [0.1, 0.15) is 5.15 Å². The maximum atomic E-state index is 5.97. The zero-order chi connectivity index (χ0) is 12.3. The monoisotopic (exact) mass is 268 g/mol. The van der Waals surface area contributed by atoms with Gasteiger partial charge in [-0.3, -0.25) is 0 Å². The molecule has 0 fully saturated rings. The Morgan fingerprint density at radius 3 is 2.82 bits per heavy atom. The minimum Gasteiger partial charge on any atom is -0.378 e. The summed E-state index contributed by atoms with van der Waals surface area (Å²) in [6, 6.07) is 5.86. The molecule has 0 amide bonds. The highest BCUT2D eigenvalue weighted by Gasteiger charge is 2.08. The van der Waals surface area contributed by atoms with Crippen molar-refractivity contribution in [2.75, 3.05) is 7.11 Å². The molecule has 90 valence electrons. The number of halogens is 1. The predicted octanol–water partition coefficient (Wildman–Crippen LogP) is 3.57. The van der Waals surface area contributed by atoms with Gasteiger partial charge in [0.2, 0.25) is 0 Å². The van der Waals surface area contributed by atoms with Crippen LogP contribution in [0.5, 0.6) is 0 Å². The van der Waals surface area contributed by atoms with E-state index in [4.69, 9.17) is 16.3 Å². The van der Waals surface area contributed by atoms with Crippen LogP contribution in [0, 0.1) is 0 Å². The number of nitrogens with zero attached hydrogens (tertiary/aromatic N) is 2. The summed E-state index contributed by atoms with van der Waals surface area (Å²) in [6.07, 6.45) is 1.02. The molecule has 0 N–H and O–H groups in total. The molecule has 5 heteroatoms. The molecule has 0 radical (unpaired) electrons. The number of thiophene rings is 1. The highest BCUT2D eigenvalue weighted by Crippen LogP contribution is 2.26. The average molecular weight is 269 g/mol. The summed E-state index contributed by atoms with van der Waals surface area (Å²) in [5, 5.41) is 0.452. The number of ether oxygens (including phenoxy) is 1. The maximum Gasteiger partial charge on any atom is 0.171 e. The molecule has 0 spiro atoms. The van der Waals surface area contributed by atoms with Crippen LogP contribution in [0.2, 0.25) is 5.15 Å². The first-order valence-corrected chi connectivity index (χ1v) is 6.54. The second kappa shape index (κ2) is 5.58. The van der Waals surface area contributed by atoms with E-state index in [1.165, 1.54) is 4.88 Å². The van der Waals surface area contributed by atoms with Gasteiger partial charge in [-0.05, 0) is 24.6 Å². The van der Waals surface area contributed by atoms with Crippen molar-refractivity contribution in [3.63, 3.8) is 0 Å². The second-order valence-corrected chi connectivity index (χ2v) is 5.11. The lowest BCUT2D eigenvalue weighted by Gasteiger charge is -2.02. The van der Waals surface area contributed by atoms with Crippen LogP contribution in [0.25, 0.3) is 10.7 Å². The Kier molecular flexibility index (Phi) is 4.10. The van der Waals surface area contributed by atoms with Gasteiger partial charge in [-0.1, -0.05) is 18.5 Å². The van der Waals surface area contributed by atoms with Crippen molar-refractivity contribution < 1.29 is 4.74 Å². The zero-order valence-electron chi connectivity index (χ0n) is 9.74. The predicted molar refractivity (Wildman–Crippen MR) is 70.4 cm³/mol. The number of hydrogen-bond donors (Lipinski definition) is 0. The first-order chi connectivity index (χ1) is 8.22. The SMILES string of the molecule is CCc1ccc(-c2nc(Cl)cc(COC)n2)s1. The third-order valence-electron chi connectivity index (χ3n) is 2.27. The standard InChI is InChI=1S/C12H13ClN2OS/c1-3-9-4-5-10(17-9)12-14-8(7-16-2)6-11(13)15-12/h4-6H,3,7H2,1-2H3. The van der Waals surface area contributed by atoms with E-state index in [-0.39, 0.29) is 0 Å². The van der Waals surface area contributed by atoms with Gasteiger partial charge in [0.05, 0.1) is 17.2 Å². The van der Waals surface area contributed by atoms with E-state index < -0.39 is 0 Å². The molecule has 0 unspecified atom stereocenters. The lowest BCUT2D eigenvalue weighted by Crippen LogP contribution is -1.96. The molecule has 0 saturated heterocycles. The van der Waals surface area contributed by atoms with Gasteiger partial charge in [-0.25, -0.2) is 9.97 Å². The molecule has 3 nitrogen and oxygen atoms in total. The zero-order valence-corrected chi connectivity index (χ0v) is 11.3. The van der Waals surface area contributed by atoms with E-state index in [9.17, 15) is 0 Å². The quantitative estimate of drug-likeness (QED) is 0.795. The molecular weight excluding hydrogens is 256 g/mol. The number of aromatic nitrogens is 2. The van der Waals surface area contributed by atoms with Crippen molar-refractivity contribution in [1.82, 2.24) is 9.97 Å². The van der Waals surface area contributed by atoms with Crippen LogP contribution in [0.4, 0.5) is 0 Å². The molecular formula is C12H13ClN2OS. The molecule has 2 aromatic rings. The lowest BCUT2D eigenvalue weighted by molar-refractivity contribution is 0.181. The first kappa shape index (κ1) is 12.5. The lowest BCUT2D eigenvalue weighted by atomic mass is 10.3. The number of hydrogen-bond acceptors (Lipinski definition) is 4. The summed E-state index contributed by atoms with van der Waals surface area (Å²) in [4.78, 5) is 11.0. The smallest absolute Gasteiger partial charge is 0.171 e. The van der Waals surface area contributed by atoms with E-state index in [0.29, 0.717) is 17.6 Å². The summed E-state index contributed by atoms with van der Waals surface area (Å²) in [5.41, 5.74) is 0.800. The summed E-state index contributed by atoms with van der Waals surface area (Å²) < 4.78 is 5.05. The molecule has 0 aliphatic rings. The highest BCUT2D eigenvalue weighted by atomic mass is 35.5. The number of aryl methyl sites for hydroxylation is 1. The van der Waals surface area contributed by atoms with Gasteiger partial charge in [0, 0.05) is 12.0 Å². The molecule has 0 aromatic carbocycles. The molecule has 0 saturated carbocycles. The Labute approximate surface area is 109 Å². The van der Waals surface area contributed by atoms with Gasteiger partial charge >= 0.3 is 0 Å². The Morgan fingerprint density at radius 1 is 1.35 bits per heavy atom. The fourth-order valence-corrected chi connectivity index (χ4v) is 2.57. The van der Waals surface area contributed by atoms with Gasteiger partial charge in [-0.2, -0.15) is 0 Å².